The summed E-state index contributed by atoms with van der Waals surface area (Å²) in [5, 5.41) is 9.49. The third-order valence-electron chi connectivity index (χ3n) is 3.96. The molecule has 1 N–H and O–H groups in total. The highest BCUT2D eigenvalue weighted by atomic mass is 16.7. The maximum atomic E-state index is 11.8. The number of rotatable bonds is 4. The van der Waals surface area contributed by atoms with Gasteiger partial charge in [-0.2, -0.15) is 0 Å². The first-order valence-corrected chi connectivity index (χ1v) is 6.78. The molecule has 0 unspecified atom stereocenters. The van der Waals surface area contributed by atoms with Gasteiger partial charge in [-0.15, -0.1) is 0 Å². The zero-order chi connectivity index (χ0) is 14.0. The normalized spacial score (nSPS) is 33.6. The lowest BCUT2D eigenvalue weighted by atomic mass is 9.83. The first-order valence-electron chi connectivity index (χ1n) is 6.78. The molecule has 1 aliphatic carbocycles. The Morgan fingerprint density at radius 3 is 2.84 bits per heavy atom. The Balaban J connectivity index is 2.22. The number of methoxy groups -OCH3 is 1. The van der Waals surface area contributed by atoms with Gasteiger partial charge in [0.2, 0.25) is 6.29 Å². The molecule has 1 aliphatic heterocycles. The van der Waals surface area contributed by atoms with Crippen molar-refractivity contribution in [2.75, 3.05) is 13.7 Å². The van der Waals surface area contributed by atoms with Crippen LogP contribution in [0.5, 0.6) is 0 Å². The van der Waals surface area contributed by atoms with Gasteiger partial charge < -0.3 is 19.3 Å². The maximum absolute atomic E-state index is 11.8. The second-order valence-electron chi connectivity index (χ2n) is 5.46. The minimum Gasteiger partial charge on any atom is -0.472 e. The molecule has 0 amide bonds. The van der Waals surface area contributed by atoms with Gasteiger partial charge in [0, 0.05) is 18.4 Å². The van der Waals surface area contributed by atoms with Crippen LogP contribution in [0.3, 0.4) is 0 Å². The Kier molecular flexibility index (Phi) is 4.47. The summed E-state index contributed by atoms with van der Waals surface area (Å²) in [6, 6.07) is 0. The van der Waals surface area contributed by atoms with E-state index in [1.54, 1.807) is 0 Å². The smallest absolute Gasteiger partial charge is 0.337 e. The van der Waals surface area contributed by atoms with Gasteiger partial charge in [0.05, 0.1) is 25.0 Å². The largest absolute Gasteiger partial charge is 0.472 e. The van der Waals surface area contributed by atoms with E-state index in [0.29, 0.717) is 5.57 Å². The van der Waals surface area contributed by atoms with Gasteiger partial charge in [0.15, 0.2) is 0 Å². The van der Waals surface area contributed by atoms with Crippen molar-refractivity contribution in [1.82, 2.24) is 0 Å². The molecular formula is C14H22O5. The van der Waals surface area contributed by atoms with Gasteiger partial charge in [-0.25, -0.2) is 4.79 Å². The molecule has 0 spiro atoms. The summed E-state index contributed by atoms with van der Waals surface area (Å²) in [6.07, 6.45) is 2.86. The summed E-state index contributed by atoms with van der Waals surface area (Å²) in [5.41, 5.74) is 0.562. The molecule has 0 bridgehead atoms. The molecule has 5 heteroatoms. The summed E-state index contributed by atoms with van der Waals surface area (Å²) in [5.74, 6) is -0.160. The van der Waals surface area contributed by atoms with Crippen LogP contribution in [-0.4, -0.2) is 37.2 Å². The van der Waals surface area contributed by atoms with Crippen LogP contribution in [0.2, 0.25) is 0 Å². The van der Waals surface area contributed by atoms with Crippen molar-refractivity contribution in [1.29, 1.82) is 0 Å². The van der Waals surface area contributed by atoms with Crippen molar-refractivity contribution in [3.8, 4) is 0 Å². The quantitative estimate of drug-likeness (QED) is 0.783. The van der Waals surface area contributed by atoms with Crippen LogP contribution in [0.25, 0.3) is 0 Å². The van der Waals surface area contributed by atoms with Gasteiger partial charge in [0.1, 0.15) is 0 Å². The van der Waals surface area contributed by atoms with Gasteiger partial charge >= 0.3 is 5.97 Å². The van der Waals surface area contributed by atoms with Crippen molar-refractivity contribution in [2.24, 2.45) is 17.8 Å². The van der Waals surface area contributed by atoms with Crippen molar-refractivity contribution in [3.05, 3.63) is 11.8 Å². The molecular weight excluding hydrogens is 248 g/mol. The second kappa shape index (κ2) is 5.92. The molecule has 4 atom stereocenters. The number of carbonyl (C=O) groups is 1. The van der Waals surface area contributed by atoms with E-state index < -0.39 is 6.29 Å². The SMILES string of the molecule is COC(=O)C1=CO[C@@H](OC(C)C)[C@@H]2[C@@H](CO)CC[C@H]12. The van der Waals surface area contributed by atoms with Crippen molar-refractivity contribution >= 4 is 5.97 Å². The molecule has 0 aromatic carbocycles. The van der Waals surface area contributed by atoms with E-state index in [-0.39, 0.29) is 36.4 Å². The van der Waals surface area contributed by atoms with Crippen LogP contribution < -0.4 is 0 Å². The van der Waals surface area contributed by atoms with E-state index in [9.17, 15) is 9.90 Å². The molecule has 1 heterocycles. The summed E-state index contributed by atoms with van der Waals surface area (Å²) < 4.78 is 16.1. The number of aliphatic hydroxyl groups is 1. The fourth-order valence-corrected chi connectivity index (χ4v) is 3.12. The zero-order valence-corrected chi connectivity index (χ0v) is 11.7. The lowest BCUT2D eigenvalue weighted by molar-refractivity contribution is -0.187. The molecule has 0 saturated heterocycles. The lowest BCUT2D eigenvalue weighted by Crippen LogP contribution is -2.40. The van der Waals surface area contributed by atoms with Crippen LogP contribution in [-0.2, 0) is 19.0 Å². The average Bonchev–Trinajstić information content (AvgIpc) is 2.82. The fraction of sp³-hybridized carbons (Fsp3) is 0.786. The first kappa shape index (κ1) is 14.3. The molecule has 0 aromatic rings. The number of esters is 1. The van der Waals surface area contributed by atoms with Crippen molar-refractivity contribution in [2.45, 2.75) is 39.1 Å². The number of hydrogen-bond acceptors (Lipinski definition) is 5. The molecule has 5 nitrogen and oxygen atoms in total. The van der Waals surface area contributed by atoms with Crippen LogP contribution in [0.15, 0.2) is 11.8 Å². The number of ether oxygens (including phenoxy) is 3. The molecule has 0 radical (unpaired) electrons. The Morgan fingerprint density at radius 2 is 2.26 bits per heavy atom. The van der Waals surface area contributed by atoms with Crippen LogP contribution in [0.1, 0.15) is 26.7 Å². The lowest BCUT2D eigenvalue weighted by Gasteiger charge is -2.36. The predicted molar refractivity (Wildman–Crippen MR) is 68.0 cm³/mol. The fourth-order valence-electron chi connectivity index (χ4n) is 3.12. The number of fused-ring (bicyclic) bond motifs is 1. The van der Waals surface area contributed by atoms with Gasteiger partial charge in [-0.3, -0.25) is 0 Å². The van der Waals surface area contributed by atoms with Gasteiger partial charge in [-0.1, -0.05) is 0 Å². The molecule has 1 fully saturated rings. The monoisotopic (exact) mass is 270 g/mol. The van der Waals surface area contributed by atoms with Gasteiger partial charge in [0.25, 0.3) is 0 Å². The van der Waals surface area contributed by atoms with Crippen LogP contribution in [0.4, 0.5) is 0 Å². The summed E-state index contributed by atoms with van der Waals surface area (Å²) in [4.78, 5) is 11.8. The summed E-state index contributed by atoms with van der Waals surface area (Å²) in [7, 11) is 1.37. The third kappa shape index (κ3) is 2.77. The average molecular weight is 270 g/mol. The Morgan fingerprint density at radius 1 is 1.53 bits per heavy atom. The topological polar surface area (TPSA) is 65.0 Å². The van der Waals surface area contributed by atoms with E-state index in [2.05, 4.69) is 0 Å². The predicted octanol–water partition coefficient (Wildman–Crippen LogP) is 1.46. The maximum Gasteiger partial charge on any atom is 0.337 e. The number of carbonyl (C=O) groups excluding carboxylic acids is 1. The Hall–Kier alpha value is -1.07. The van der Waals surface area contributed by atoms with Gasteiger partial charge in [-0.05, 0) is 32.6 Å². The van der Waals surface area contributed by atoms with Crippen molar-refractivity contribution < 1.29 is 24.1 Å². The van der Waals surface area contributed by atoms with E-state index in [0.717, 1.165) is 12.8 Å². The Labute approximate surface area is 113 Å². The zero-order valence-electron chi connectivity index (χ0n) is 11.7. The number of hydrogen-bond donors (Lipinski definition) is 1. The third-order valence-corrected chi connectivity index (χ3v) is 3.96. The highest BCUT2D eigenvalue weighted by Gasteiger charge is 2.48. The van der Waals surface area contributed by atoms with E-state index in [1.165, 1.54) is 13.4 Å². The van der Waals surface area contributed by atoms with E-state index in [1.807, 2.05) is 13.8 Å². The molecule has 2 rings (SSSR count). The highest BCUT2D eigenvalue weighted by Crippen LogP contribution is 2.47. The summed E-state index contributed by atoms with van der Waals surface area (Å²) in [6.45, 7) is 3.98. The number of aliphatic hydroxyl groups excluding tert-OH is 1. The molecule has 19 heavy (non-hydrogen) atoms. The standard InChI is InChI=1S/C14H22O5/c1-8(2)19-14-12-9(6-15)4-5-10(12)11(7-18-14)13(16)17-3/h7-10,12,14-15H,4-6H2,1-3H3/t9-,10-,12-,14+/m1/s1. The van der Waals surface area contributed by atoms with Crippen LogP contribution in [0, 0.1) is 17.8 Å². The second-order valence-corrected chi connectivity index (χ2v) is 5.46. The molecule has 2 aliphatic rings. The minimum atomic E-state index is -0.391. The van der Waals surface area contributed by atoms with Crippen molar-refractivity contribution in [3.63, 3.8) is 0 Å². The Bertz CT molecular complexity index is 363. The molecule has 1 saturated carbocycles. The molecule has 108 valence electrons. The van der Waals surface area contributed by atoms with E-state index in [4.69, 9.17) is 14.2 Å². The van der Waals surface area contributed by atoms with E-state index >= 15 is 0 Å². The highest BCUT2D eigenvalue weighted by molar-refractivity contribution is 5.89. The first-order chi connectivity index (χ1) is 9.08. The summed E-state index contributed by atoms with van der Waals surface area (Å²) >= 11 is 0. The molecule has 0 aromatic heterocycles. The minimum absolute atomic E-state index is 0.0199. The van der Waals surface area contributed by atoms with Crippen LogP contribution >= 0.6 is 0 Å².